The van der Waals surface area contributed by atoms with Gasteiger partial charge in [-0.25, -0.2) is 18.6 Å². The minimum atomic E-state index is -1.80. The van der Waals surface area contributed by atoms with Gasteiger partial charge < -0.3 is 10.6 Å². The maximum Gasteiger partial charge on any atom is 0.328 e. The van der Waals surface area contributed by atoms with E-state index >= 15 is 0 Å². The lowest BCUT2D eigenvalue weighted by Gasteiger charge is -2.31. The van der Waals surface area contributed by atoms with Crippen LogP contribution < -0.4 is 10.6 Å². The summed E-state index contributed by atoms with van der Waals surface area (Å²) in [5, 5.41) is 5.49. The van der Waals surface area contributed by atoms with Gasteiger partial charge in [0.1, 0.15) is 29.5 Å². The van der Waals surface area contributed by atoms with Crippen LogP contribution in [0.4, 0.5) is 25.1 Å². The summed E-state index contributed by atoms with van der Waals surface area (Å²) in [7, 11) is 1.24. The molecule has 9 nitrogen and oxygen atoms in total. The Morgan fingerprint density at radius 1 is 0.975 bits per heavy atom. The number of aryl methyl sites for hydroxylation is 2. The fraction of sp³-hybridized carbons (Fsp3) is 0.276. The molecule has 1 unspecified atom stereocenters. The maximum absolute atomic E-state index is 14.0. The van der Waals surface area contributed by atoms with Crippen molar-refractivity contribution in [1.29, 1.82) is 0 Å². The van der Waals surface area contributed by atoms with Crippen LogP contribution in [0.25, 0.3) is 0 Å². The summed E-state index contributed by atoms with van der Waals surface area (Å²) in [6, 6.07) is 10.5. The summed E-state index contributed by atoms with van der Waals surface area (Å²) in [6.07, 6.45) is 2.27. The molecule has 1 aromatic heterocycles. The molecule has 40 heavy (non-hydrogen) atoms. The minimum Gasteiger partial charge on any atom is -0.325 e. The lowest BCUT2D eigenvalue weighted by Crippen LogP contribution is -2.47. The zero-order valence-electron chi connectivity index (χ0n) is 22.5. The first-order chi connectivity index (χ1) is 18.9. The average Bonchev–Trinajstić information content (AvgIpc) is 3.06. The van der Waals surface area contributed by atoms with Gasteiger partial charge in [0.25, 0.3) is 5.91 Å². The maximum atomic E-state index is 14.0. The first kappa shape index (κ1) is 28.3. The molecule has 0 radical (unpaired) electrons. The van der Waals surface area contributed by atoms with Crippen molar-refractivity contribution in [1.82, 2.24) is 14.8 Å². The molecule has 4 rings (SSSR count). The van der Waals surface area contributed by atoms with E-state index in [1.165, 1.54) is 14.0 Å². The average molecular weight is 550 g/mol. The first-order valence-corrected chi connectivity index (χ1v) is 12.6. The highest BCUT2D eigenvalue weighted by Crippen LogP contribution is 2.37. The highest BCUT2D eigenvalue weighted by atomic mass is 19.1. The van der Waals surface area contributed by atoms with E-state index in [9.17, 15) is 28.0 Å². The fourth-order valence-corrected chi connectivity index (χ4v) is 4.76. The second kappa shape index (κ2) is 11.2. The molecule has 2 N–H and O–H groups in total. The normalized spacial score (nSPS) is 16.9. The number of nitrogens with one attached hydrogen (secondary N) is 2. The monoisotopic (exact) mass is 549 g/mol. The number of carbonyl (C=O) groups excluding carboxylic acids is 4. The van der Waals surface area contributed by atoms with E-state index in [-0.39, 0.29) is 17.9 Å². The van der Waals surface area contributed by atoms with E-state index in [1.54, 1.807) is 30.5 Å². The quantitative estimate of drug-likeness (QED) is 0.410. The number of hydrogen-bond donors (Lipinski definition) is 2. The van der Waals surface area contributed by atoms with Gasteiger partial charge in [0, 0.05) is 25.0 Å². The molecule has 1 fully saturated rings. The Morgan fingerprint density at radius 3 is 2.33 bits per heavy atom. The van der Waals surface area contributed by atoms with Gasteiger partial charge in [0.05, 0.1) is 6.42 Å². The van der Waals surface area contributed by atoms with E-state index < -0.39 is 41.6 Å². The second-order valence-electron chi connectivity index (χ2n) is 9.74. The Bertz CT molecular complexity index is 1490. The molecule has 1 saturated heterocycles. The number of likely N-dealkylation sites (N-methyl/N-ethyl adjacent to an activating group) is 1. The molecule has 0 saturated carbocycles. The third kappa shape index (κ3) is 5.54. The molecule has 5 amide bonds. The molecule has 0 aliphatic carbocycles. The molecular formula is C29H29F2N5O4. The van der Waals surface area contributed by atoms with Crippen molar-refractivity contribution >= 4 is 35.3 Å². The van der Waals surface area contributed by atoms with Crippen LogP contribution in [0.2, 0.25) is 0 Å². The number of rotatable bonds is 8. The van der Waals surface area contributed by atoms with Gasteiger partial charge in [-0.15, -0.1) is 0 Å². The number of pyridine rings is 1. The Balaban J connectivity index is 1.53. The SMILES string of the molecule is CCc1ccc(NC(=O)CN2C(=O)N(C)C(=O)C2(C)c2cc(F)cc(F)c2)cc1CC(=O)Nc1ncccc1C. The molecule has 0 bridgehead atoms. The summed E-state index contributed by atoms with van der Waals surface area (Å²) in [4.78, 5) is 57.7. The van der Waals surface area contributed by atoms with Gasteiger partial charge in [-0.3, -0.25) is 24.2 Å². The van der Waals surface area contributed by atoms with E-state index in [4.69, 9.17) is 0 Å². The number of imide groups is 1. The molecular weight excluding hydrogens is 520 g/mol. The van der Waals surface area contributed by atoms with Crippen molar-refractivity contribution in [2.24, 2.45) is 0 Å². The van der Waals surface area contributed by atoms with Crippen LogP contribution in [0, 0.1) is 18.6 Å². The number of hydrogen-bond acceptors (Lipinski definition) is 5. The van der Waals surface area contributed by atoms with Crippen LogP contribution >= 0.6 is 0 Å². The molecule has 1 atom stereocenters. The topological polar surface area (TPSA) is 112 Å². The van der Waals surface area contributed by atoms with E-state index in [2.05, 4.69) is 15.6 Å². The molecule has 11 heteroatoms. The van der Waals surface area contributed by atoms with Gasteiger partial charge in [-0.05, 0) is 72.9 Å². The van der Waals surface area contributed by atoms with Crippen LogP contribution in [0.15, 0.2) is 54.7 Å². The van der Waals surface area contributed by atoms with Crippen LogP contribution in [0.5, 0.6) is 0 Å². The summed E-state index contributed by atoms with van der Waals surface area (Å²) in [5.41, 5.74) is 0.909. The lowest BCUT2D eigenvalue weighted by atomic mass is 9.90. The highest BCUT2D eigenvalue weighted by Gasteiger charge is 2.54. The van der Waals surface area contributed by atoms with E-state index in [1.807, 2.05) is 19.9 Å². The molecule has 1 aliphatic heterocycles. The van der Waals surface area contributed by atoms with Crippen molar-refractivity contribution in [2.75, 3.05) is 24.2 Å². The summed E-state index contributed by atoms with van der Waals surface area (Å²) < 4.78 is 28.0. The Hall–Kier alpha value is -4.67. The molecule has 0 spiro atoms. The second-order valence-corrected chi connectivity index (χ2v) is 9.74. The van der Waals surface area contributed by atoms with E-state index in [0.717, 1.165) is 33.1 Å². The van der Waals surface area contributed by atoms with E-state index in [0.29, 0.717) is 29.6 Å². The Morgan fingerprint density at radius 2 is 1.68 bits per heavy atom. The van der Waals surface area contributed by atoms with Gasteiger partial charge in [-0.2, -0.15) is 0 Å². The van der Waals surface area contributed by atoms with Crippen LogP contribution in [0.1, 0.15) is 36.1 Å². The highest BCUT2D eigenvalue weighted by molar-refractivity contribution is 6.08. The van der Waals surface area contributed by atoms with Gasteiger partial charge in [0.15, 0.2) is 0 Å². The predicted molar refractivity (Wildman–Crippen MR) is 144 cm³/mol. The predicted octanol–water partition coefficient (Wildman–Crippen LogP) is 4.16. The van der Waals surface area contributed by atoms with Gasteiger partial charge >= 0.3 is 6.03 Å². The summed E-state index contributed by atoms with van der Waals surface area (Å²) >= 11 is 0. The number of aromatic nitrogens is 1. The zero-order chi connectivity index (χ0) is 29.2. The smallest absolute Gasteiger partial charge is 0.325 e. The largest absolute Gasteiger partial charge is 0.328 e. The van der Waals surface area contributed by atoms with Gasteiger partial charge in [-0.1, -0.05) is 19.1 Å². The van der Waals surface area contributed by atoms with Gasteiger partial charge in [0.2, 0.25) is 11.8 Å². The number of urea groups is 1. The fourth-order valence-electron chi connectivity index (χ4n) is 4.76. The number of anilines is 2. The number of benzene rings is 2. The Kier molecular flexibility index (Phi) is 7.94. The Labute approximate surface area is 230 Å². The third-order valence-electron chi connectivity index (χ3n) is 6.99. The number of halogens is 2. The third-order valence-corrected chi connectivity index (χ3v) is 6.99. The zero-order valence-corrected chi connectivity index (χ0v) is 22.5. The van der Waals surface area contributed by atoms with Crippen LogP contribution in [0.3, 0.4) is 0 Å². The molecule has 3 aromatic rings. The van der Waals surface area contributed by atoms with Crippen molar-refractivity contribution in [3.8, 4) is 0 Å². The standard InChI is InChI=1S/C29H29F2N5O4/c1-5-18-8-9-23(11-19(18)12-24(37)34-26-17(2)7-6-10-32-26)33-25(38)16-36-28(40)35(4)27(39)29(36,3)20-13-21(30)15-22(31)14-20/h6-11,13-15H,5,12,16H2,1-4H3,(H,33,38)(H,32,34,37). The van der Waals surface area contributed by atoms with Crippen molar-refractivity contribution in [3.05, 3.63) is 88.6 Å². The summed E-state index contributed by atoms with van der Waals surface area (Å²) in [5.74, 6) is -3.00. The molecule has 2 heterocycles. The molecule has 1 aliphatic rings. The van der Waals surface area contributed by atoms with Crippen LogP contribution in [-0.4, -0.2) is 52.1 Å². The molecule has 2 aromatic carbocycles. The van der Waals surface area contributed by atoms with Crippen molar-refractivity contribution in [2.45, 2.75) is 39.2 Å². The first-order valence-electron chi connectivity index (χ1n) is 12.6. The lowest BCUT2D eigenvalue weighted by molar-refractivity contribution is -0.132. The molecule has 208 valence electrons. The van der Waals surface area contributed by atoms with Crippen LogP contribution in [-0.2, 0) is 32.8 Å². The minimum absolute atomic E-state index is 0.0377. The summed E-state index contributed by atoms with van der Waals surface area (Å²) in [6.45, 7) is 4.56. The number of nitrogens with zero attached hydrogens (tertiary/aromatic N) is 3. The van der Waals surface area contributed by atoms with Crippen molar-refractivity contribution < 1.29 is 28.0 Å². The van der Waals surface area contributed by atoms with Crippen molar-refractivity contribution in [3.63, 3.8) is 0 Å². The number of amides is 5. The number of carbonyl (C=O) groups is 4.